The second-order valence-electron chi connectivity index (χ2n) is 8.98. The first-order chi connectivity index (χ1) is 16.7. The Morgan fingerprint density at radius 3 is 2.66 bits per heavy atom. The molecule has 0 saturated carbocycles. The highest BCUT2D eigenvalue weighted by Gasteiger charge is 2.24. The van der Waals surface area contributed by atoms with E-state index >= 15 is 0 Å². The highest BCUT2D eigenvalue weighted by atomic mass is 32.1. The number of thiazole rings is 1. The Bertz CT molecular complexity index is 1220. The molecule has 0 aliphatic carbocycles. The van der Waals surface area contributed by atoms with E-state index in [1.165, 1.54) is 11.3 Å². The number of aromatic nitrogens is 2. The van der Waals surface area contributed by atoms with Gasteiger partial charge in [-0.2, -0.15) is 0 Å². The maximum Gasteiger partial charge on any atom is 0.253 e. The number of benzene rings is 1. The molecule has 9 heteroatoms. The Labute approximate surface area is 209 Å². The molecule has 0 spiro atoms. The van der Waals surface area contributed by atoms with E-state index in [9.17, 15) is 14.4 Å². The van der Waals surface area contributed by atoms with E-state index in [1.54, 1.807) is 43.0 Å². The molecule has 3 rings (SSSR count). The van der Waals surface area contributed by atoms with Gasteiger partial charge in [-0.05, 0) is 44.9 Å². The topological polar surface area (TPSA) is 102 Å². The summed E-state index contributed by atoms with van der Waals surface area (Å²) in [7, 11) is 1.54. The number of nitrogens with one attached hydrogen (secondary N) is 2. The molecule has 0 bridgehead atoms. The van der Waals surface area contributed by atoms with Gasteiger partial charge in [0.15, 0.2) is 11.4 Å². The Kier molecular flexibility index (Phi) is 8.37. The molecule has 2 heterocycles. The molecule has 184 valence electrons. The normalized spacial score (nSPS) is 12.1. The lowest BCUT2D eigenvalue weighted by Gasteiger charge is -2.21. The molecule has 35 heavy (non-hydrogen) atoms. The minimum Gasteiger partial charge on any atom is -0.385 e. The average Bonchev–Trinajstić information content (AvgIpc) is 3.51. The summed E-state index contributed by atoms with van der Waals surface area (Å²) in [5, 5.41) is 7.78. The number of carbonyl (C=O) groups excluding carboxylic acids is 3. The Balaban J connectivity index is 1.72. The molecule has 3 aromatic rings. The quantitative estimate of drug-likeness (QED) is 0.401. The summed E-state index contributed by atoms with van der Waals surface area (Å²) in [5.74, 6) is -0.727. The molecular formula is C26H30N4O4S. The van der Waals surface area contributed by atoms with E-state index < -0.39 is 6.04 Å². The van der Waals surface area contributed by atoms with E-state index in [0.717, 1.165) is 17.4 Å². The van der Waals surface area contributed by atoms with Gasteiger partial charge in [0.2, 0.25) is 5.91 Å². The van der Waals surface area contributed by atoms with Crippen molar-refractivity contribution in [2.75, 3.05) is 19.0 Å². The van der Waals surface area contributed by atoms with Crippen LogP contribution in [-0.4, -0.2) is 47.4 Å². The molecule has 1 aromatic carbocycles. The van der Waals surface area contributed by atoms with Gasteiger partial charge < -0.3 is 19.9 Å². The number of rotatable bonds is 10. The van der Waals surface area contributed by atoms with E-state index in [2.05, 4.69) is 22.2 Å². The fraction of sp³-hybridized carbons (Fsp3) is 0.308. The lowest BCUT2D eigenvalue weighted by atomic mass is 10.0. The molecule has 2 amide bonds. The standard InChI is InChI=1S/C26H30N4O4S/c1-6-17-7-8-18(13-20(17)15-31)22-16-35-25(28-22)29-24(33)21(10-12-34-5)27-23(32)19-9-11-30(14-19)26(2,3)4/h6-9,11,13-16,21H,1,10,12H2,2-5H3,(H,27,32)(H,28,29,33)/t21-/m0/s1. The van der Waals surface area contributed by atoms with Gasteiger partial charge in [0.25, 0.3) is 5.91 Å². The van der Waals surface area contributed by atoms with Gasteiger partial charge in [-0.15, -0.1) is 11.3 Å². The van der Waals surface area contributed by atoms with Gasteiger partial charge in [-0.3, -0.25) is 14.4 Å². The SMILES string of the molecule is C=Cc1ccc(-c2csc(NC(=O)[C@H](CCOC)NC(=O)c3ccn(C(C)(C)C)c3)n2)cc1C=O. The number of nitrogens with zero attached hydrogens (tertiary/aromatic N) is 2. The smallest absolute Gasteiger partial charge is 0.253 e. The monoisotopic (exact) mass is 494 g/mol. The second kappa shape index (κ2) is 11.2. The Morgan fingerprint density at radius 2 is 2.03 bits per heavy atom. The van der Waals surface area contributed by atoms with Crippen LogP contribution in [0.5, 0.6) is 0 Å². The highest BCUT2D eigenvalue weighted by Crippen LogP contribution is 2.27. The number of aldehydes is 1. The van der Waals surface area contributed by atoms with Crippen LogP contribution >= 0.6 is 11.3 Å². The van der Waals surface area contributed by atoms with Crippen LogP contribution in [0.3, 0.4) is 0 Å². The van der Waals surface area contributed by atoms with Crippen molar-refractivity contribution in [2.45, 2.75) is 38.8 Å². The average molecular weight is 495 g/mol. The molecule has 2 aromatic heterocycles. The van der Waals surface area contributed by atoms with Crippen LogP contribution < -0.4 is 10.6 Å². The number of hydrogen-bond donors (Lipinski definition) is 2. The van der Waals surface area contributed by atoms with Gasteiger partial charge in [-0.1, -0.05) is 24.8 Å². The maximum absolute atomic E-state index is 13.0. The lowest BCUT2D eigenvalue weighted by molar-refractivity contribution is -0.118. The van der Waals surface area contributed by atoms with Crippen molar-refractivity contribution in [1.29, 1.82) is 0 Å². The minimum absolute atomic E-state index is 0.160. The molecule has 1 atom stereocenters. The fourth-order valence-electron chi connectivity index (χ4n) is 3.37. The van der Waals surface area contributed by atoms with Gasteiger partial charge in [0.1, 0.15) is 6.04 Å². The van der Waals surface area contributed by atoms with Crippen molar-refractivity contribution in [3.05, 3.63) is 65.3 Å². The predicted octanol–water partition coefficient (Wildman–Crippen LogP) is 4.60. The van der Waals surface area contributed by atoms with Gasteiger partial charge in [0, 0.05) is 48.2 Å². The van der Waals surface area contributed by atoms with Crippen LogP contribution in [0.25, 0.3) is 17.3 Å². The third-order valence-electron chi connectivity index (χ3n) is 5.43. The molecule has 0 fully saturated rings. The van der Waals surface area contributed by atoms with Crippen molar-refractivity contribution < 1.29 is 19.1 Å². The zero-order valence-electron chi connectivity index (χ0n) is 20.3. The summed E-state index contributed by atoms with van der Waals surface area (Å²) < 4.78 is 7.07. The molecule has 0 saturated heterocycles. The number of hydrogen-bond acceptors (Lipinski definition) is 6. The zero-order valence-corrected chi connectivity index (χ0v) is 21.1. The van der Waals surface area contributed by atoms with Gasteiger partial charge in [0.05, 0.1) is 11.3 Å². The van der Waals surface area contributed by atoms with E-state index in [-0.39, 0.29) is 17.4 Å². The first-order valence-corrected chi connectivity index (χ1v) is 12.0. The highest BCUT2D eigenvalue weighted by molar-refractivity contribution is 7.14. The summed E-state index contributed by atoms with van der Waals surface area (Å²) in [5.41, 5.74) is 2.94. The molecule has 0 aliphatic heterocycles. The fourth-order valence-corrected chi connectivity index (χ4v) is 4.10. The number of methoxy groups -OCH3 is 1. The van der Waals surface area contributed by atoms with Crippen LogP contribution in [0.15, 0.2) is 48.6 Å². The molecule has 0 radical (unpaired) electrons. The molecule has 0 aliphatic rings. The third kappa shape index (κ3) is 6.52. The summed E-state index contributed by atoms with van der Waals surface area (Å²) in [6.07, 6.45) is 6.30. The minimum atomic E-state index is -0.804. The summed E-state index contributed by atoms with van der Waals surface area (Å²) in [6.45, 7) is 10.1. The van der Waals surface area contributed by atoms with Crippen LogP contribution in [0.2, 0.25) is 0 Å². The van der Waals surface area contributed by atoms with Crippen molar-refractivity contribution in [3.8, 4) is 11.3 Å². The number of carbonyl (C=O) groups is 3. The van der Waals surface area contributed by atoms with Crippen molar-refractivity contribution in [3.63, 3.8) is 0 Å². The molecule has 8 nitrogen and oxygen atoms in total. The predicted molar refractivity (Wildman–Crippen MR) is 139 cm³/mol. The molecule has 2 N–H and O–H groups in total. The van der Waals surface area contributed by atoms with E-state index in [0.29, 0.717) is 35.0 Å². The maximum atomic E-state index is 13.0. The lowest BCUT2D eigenvalue weighted by Crippen LogP contribution is -2.44. The van der Waals surface area contributed by atoms with Crippen molar-refractivity contribution in [2.24, 2.45) is 0 Å². The number of amides is 2. The van der Waals surface area contributed by atoms with E-state index in [1.807, 2.05) is 37.6 Å². The largest absolute Gasteiger partial charge is 0.385 e. The first kappa shape index (κ1) is 26.1. The second-order valence-corrected chi connectivity index (χ2v) is 9.84. The zero-order chi connectivity index (χ0) is 25.6. The third-order valence-corrected chi connectivity index (χ3v) is 6.18. The summed E-state index contributed by atoms with van der Waals surface area (Å²) in [4.78, 5) is 41.7. The summed E-state index contributed by atoms with van der Waals surface area (Å²) >= 11 is 1.26. The van der Waals surface area contributed by atoms with Crippen LogP contribution in [0.1, 0.15) is 53.5 Å². The van der Waals surface area contributed by atoms with E-state index in [4.69, 9.17) is 4.74 Å². The summed E-state index contributed by atoms with van der Waals surface area (Å²) in [6, 6.07) is 6.30. The first-order valence-electron chi connectivity index (χ1n) is 11.1. The number of ether oxygens (including phenoxy) is 1. The Morgan fingerprint density at radius 1 is 1.26 bits per heavy atom. The molecule has 0 unspecified atom stereocenters. The van der Waals surface area contributed by atoms with Crippen LogP contribution in [0, 0.1) is 0 Å². The van der Waals surface area contributed by atoms with Crippen molar-refractivity contribution >= 4 is 40.6 Å². The van der Waals surface area contributed by atoms with Gasteiger partial charge in [-0.25, -0.2) is 4.98 Å². The number of anilines is 1. The van der Waals surface area contributed by atoms with Gasteiger partial charge >= 0.3 is 0 Å². The molecular weight excluding hydrogens is 464 g/mol. The van der Waals surface area contributed by atoms with Crippen LogP contribution in [-0.2, 0) is 15.1 Å². The van der Waals surface area contributed by atoms with Crippen molar-refractivity contribution in [1.82, 2.24) is 14.9 Å². The Hall–Kier alpha value is -3.56. The van der Waals surface area contributed by atoms with Crippen LogP contribution in [0.4, 0.5) is 5.13 Å².